The van der Waals surface area contributed by atoms with Crippen molar-refractivity contribution in [2.75, 3.05) is 11.1 Å². The van der Waals surface area contributed by atoms with Gasteiger partial charge < -0.3 is 5.32 Å². The van der Waals surface area contributed by atoms with E-state index in [4.69, 9.17) is 11.6 Å². The number of hydrogen-bond acceptors (Lipinski definition) is 6. The first-order valence-electron chi connectivity index (χ1n) is 11.3. The summed E-state index contributed by atoms with van der Waals surface area (Å²) in [6.45, 7) is 0. The highest BCUT2D eigenvalue weighted by Gasteiger charge is 2.17. The van der Waals surface area contributed by atoms with Crippen LogP contribution < -0.4 is 5.32 Å². The number of carbonyl (C=O) groups is 1. The van der Waals surface area contributed by atoms with Crippen LogP contribution in [0.5, 0.6) is 0 Å². The summed E-state index contributed by atoms with van der Waals surface area (Å²) in [5.74, 6) is 0.862. The highest BCUT2D eigenvalue weighted by atomic mass is 35.5. The molecule has 0 unspecified atom stereocenters. The predicted molar refractivity (Wildman–Crippen MR) is 146 cm³/mol. The number of halogens is 1. The molecule has 1 amide bonds. The lowest BCUT2D eigenvalue weighted by Crippen LogP contribution is -2.14. The summed E-state index contributed by atoms with van der Waals surface area (Å²) in [5.41, 5.74) is 3.14. The second kappa shape index (κ2) is 11.5. The van der Waals surface area contributed by atoms with Crippen molar-refractivity contribution in [3.05, 3.63) is 118 Å². The monoisotopic (exact) mass is 531 g/mol. The summed E-state index contributed by atoms with van der Waals surface area (Å²) >= 11 is 9.06. The Morgan fingerprint density at radius 3 is 2.42 bits per heavy atom. The molecular formula is C27H22ClN5OS2. The molecule has 2 aromatic heterocycles. The summed E-state index contributed by atoms with van der Waals surface area (Å²) in [7, 11) is 0. The van der Waals surface area contributed by atoms with E-state index in [-0.39, 0.29) is 11.7 Å². The van der Waals surface area contributed by atoms with Crippen LogP contribution in [0, 0.1) is 0 Å². The largest absolute Gasteiger partial charge is 0.301 e. The smallest absolute Gasteiger partial charge is 0.236 e. The van der Waals surface area contributed by atoms with Gasteiger partial charge in [0.05, 0.1) is 5.75 Å². The first-order valence-corrected chi connectivity index (χ1v) is 13.5. The Labute approximate surface area is 222 Å². The zero-order chi connectivity index (χ0) is 24.7. The normalized spacial score (nSPS) is 10.9. The third kappa shape index (κ3) is 6.02. The second-order valence-corrected chi connectivity index (χ2v) is 10.4. The van der Waals surface area contributed by atoms with E-state index in [0.29, 0.717) is 23.1 Å². The van der Waals surface area contributed by atoms with Gasteiger partial charge in [0.1, 0.15) is 5.82 Å². The lowest BCUT2D eigenvalue weighted by Gasteiger charge is -2.10. The van der Waals surface area contributed by atoms with Crippen LogP contribution in [-0.2, 0) is 17.6 Å². The van der Waals surface area contributed by atoms with Crippen LogP contribution in [0.1, 0.15) is 21.8 Å². The minimum Gasteiger partial charge on any atom is -0.301 e. The Kier molecular flexibility index (Phi) is 7.76. The average Bonchev–Trinajstić information content (AvgIpc) is 3.51. The van der Waals surface area contributed by atoms with Gasteiger partial charge in [-0.15, -0.1) is 21.5 Å². The Hall–Kier alpha value is -3.46. The fourth-order valence-electron chi connectivity index (χ4n) is 3.69. The summed E-state index contributed by atoms with van der Waals surface area (Å²) in [6, 6.07) is 27.8. The van der Waals surface area contributed by atoms with Crippen molar-refractivity contribution in [3.8, 4) is 5.69 Å². The number of carbonyl (C=O) groups excluding carboxylic acids is 1. The molecule has 0 spiro atoms. The van der Waals surface area contributed by atoms with E-state index < -0.39 is 0 Å². The molecule has 9 heteroatoms. The van der Waals surface area contributed by atoms with E-state index >= 15 is 0 Å². The number of para-hydroxylation sites is 1. The van der Waals surface area contributed by atoms with Crippen molar-refractivity contribution in [2.24, 2.45) is 0 Å². The standard InChI is InChI=1S/C27H22ClN5OS2/c28-23-14-8-7-11-20(23)16-22-17-29-26(36-22)30-25(34)18-35-27-32-31-24(15-19-9-3-1-4-10-19)33(27)21-12-5-2-6-13-21/h1-14,17H,15-16,18H2,(H,29,30,34). The van der Waals surface area contributed by atoms with Gasteiger partial charge in [-0.3, -0.25) is 9.36 Å². The molecule has 36 heavy (non-hydrogen) atoms. The maximum absolute atomic E-state index is 12.7. The molecule has 0 bridgehead atoms. The van der Waals surface area contributed by atoms with Gasteiger partial charge in [-0.1, -0.05) is 90.1 Å². The van der Waals surface area contributed by atoms with Gasteiger partial charge in [0.15, 0.2) is 10.3 Å². The Morgan fingerprint density at radius 2 is 1.64 bits per heavy atom. The molecule has 0 aliphatic carbocycles. The quantitative estimate of drug-likeness (QED) is 0.226. The van der Waals surface area contributed by atoms with Gasteiger partial charge >= 0.3 is 0 Å². The number of hydrogen-bond donors (Lipinski definition) is 1. The lowest BCUT2D eigenvalue weighted by atomic mass is 10.1. The maximum atomic E-state index is 12.7. The van der Waals surface area contributed by atoms with Gasteiger partial charge in [-0.25, -0.2) is 4.98 Å². The fourth-order valence-corrected chi connectivity index (χ4v) is 5.51. The molecule has 1 N–H and O–H groups in total. The molecule has 0 aliphatic rings. The summed E-state index contributed by atoms with van der Waals surface area (Å²) in [4.78, 5) is 18.1. The van der Waals surface area contributed by atoms with Crippen LogP contribution in [0.15, 0.2) is 96.3 Å². The second-order valence-electron chi connectivity index (χ2n) is 7.97. The number of amides is 1. The van der Waals surface area contributed by atoms with Crippen LogP contribution in [0.4, 0.5) is 5.13 Å². The van der Waals surface area contributed by atoms with Crippen molar-refractivity contribution < 1.29 is 4.79 Å². The highest BCUT2D eigenvalue weighted by molar-refractivity contribution is 7.99. The molecule has 6 nitrogen and oxygen atoms in total. The van der Waals surface area contributed by atoms with E-state index in [1.807, 2.05) is 77.4 Å². The maximum Gasteiger partial charge on any atom is 0.236 e. The molecule has 0 aliphatic heterocycles. The van der Waals surface area contributed by atoms with E-state index in [9.17, 15) is 4.79 Å². The Bertz CT molecular complexity index is 1450. The zero-order valence-corrected chi connectivity index (χ0v) is 21.6. The molecule has 3 aromatic carbocycles. The van der Waals surface area contributed by atoms with Crippen LogP contribution in [0.3, 0.4) is 0 Å². The SMILES string of the molecule is O=C(CSc1nnc(Cc2ccccc2)n1-c1ccccc1)Nc1ncc(Cc2ccccc2Cl)s1. The lowest BCUT2D eigenvalue weighted by molar-refractivity contribution is -0.113. The van der Waals surface area contributed by atoms with Crippen molar-refractivity contribution in [3.63, 3.8) is 0 Å². The number of benzene rings is 3. The van der Waals surface area contributed by atoms with Gasteiger partial charge in [0.25, 0.3) is 0 Å². The minimum absolute atomic E-state index is 0.147. The van der Waals surface area contributed by atoms with Crippen molar-refractivity contribution >= 4 is 45.7 Å². The average molecular weight is 532 g/mol. The molecule has 5 rings (SSSR count). The van der Waals surface area contributed by atoms with E-state index in [1.165, 1.54) is 23.1 Å². The Morgan fingerprint density at radius 1 is 0.917 bits per heavy atom. The zero-order valence-electron chi connectivity index (χ0n) is 19.2. The first-order chi connectivity index (χ1) is 17.7. The number of aromatic nitrogens is 4. The molecule has 2 heterocycles. The third-order valence-corrected chi connectivity index (χ3v) is 7.59. The summed E-state index contributed by atoms with van der Waals surface area (Å²) in [5, 5.41) is 13.7. The predicted octanol–water partition coefficient (Wildman–Crippen LogP) is 6.29. The molecule has 0 saturated heterocycles. The molecule has 0 atom stereocenters. The summed E-state index contributed by atoms with van der Waals surface area (Å²) in [6.07, 6.45) is 3.09. The van der Waals surface area contributed by atoms with Gasteiger partial charge in [-0.2, -0.15) is 0 Å². The van der Waals surface area contributed by atoms with E-state index in [2.05, 4.69) is 32.6 Å². The Balaban J connectivity index is 1.26. The van der Waals surface area contributed by atoms with Gasteiger partial charge in [0, 0.05) is 34.6 Å². The van der Waals surface area contributed by atoms with Crippen molar-refractivity contribution in [2.45, 2.75) is 18.0 Å². The van der Waals surface area contributed by atoms with E-state index in [0.717, 1.165) is 32.5 Å². The number of anilines is 1. The number of nitrogens with one attached hydrogen (secondary N) is 1. The molecule has 0 radical (unpaired) electrons. The minimum atomic E-state index is -0.147. The van der Waals surface area contributed by atoms with Crippen molar-refractivity contribution in [1.29, 1.82) is 0 Å². The van der Waals surface area contributed by atoms with Crippen LogP contribution in [-0.4, -0.2) is 31.4 Å². The molecule has 5 aromatic rings. The highest BCUT2D eigenvalue weighted by Crippen LogP contribution is 2.26. The molecule has 180 valence electrons. The summed E-state index contributed by atoms with van der Waals surface area (Å²) < 4.78 is 2.01. The number of thioether (sulfide) groups is 1. The van der Waals surface area contributed by atoms with Gasteiger partial charge in [0.2, 0.25) is 5.91 Å². The first kappa shape index (κ1) is 24.2. The third-order valence-electron chi connectivity index (χ3n) is 5.37. The number of rotatable bonds is 9. The van der Waals surface area contributed by atoms with Crippen molar-refractivity contribution in [1.82, 2.24) is 19.7 Å². The van der Waals surface area contributed by atoms with E-state index in [1.54, 1.807) is 6.20 Å². The number of thiazole rings is 1. The number of nitrogens with zero attached hydrogens (tertiary/aromatic N) is 4. The van der Waals surface area contributed by atoms with Gasteiger partial charge in [-0.05, 0) is 29.3 Å². The van der Waals surface area contributed by atoms with Crippen LogP contribution >= 0.6 is 34.7 Å². The topological polar surface area (TPSA) is 72.7 Å². The van der Waals surface area contributed by atoms with Crippen LogP contribution in [0.2, 0.25) is 5.02 Å². The fraction of sp³-hybridized carbons (Fsp3) is 0.111. The molecule has 0 saturated carbocycles. The van der Waals surface area contributed by atoms with Crippen LogP contribution in [0.25, 0.3) is 5.69 Å². The molecular weight excluding hydrogens is 510 g/mol. The molecule has 0 fully saturated rings.